The third-order valence-electron chi connectivity index (χ3n) is 2.27. The van der Waals surface area contributed by atoms with Crippen LogP contribution in [0.1, 0.15) is 34.1 Å². The first kappa shape index (κ1) is 13.0. The van der Waals surface area contributed by atoms with Crippen molar-refractivity contribution in [3.8, 4) is 0 Å². The van der Waals surface area contributed by atoms with E-state index in [1.807, 2.05) is 4.90 Å². The Hall–Kier alpha value is -1.10. The van der Waals surface area contributed by atoms with Gasteiger partial charge in [0.1, 0.15) is 11.4 Å². The minimum absolute atomic E-state index is 0.316. The number of β-amino-alcohol motifs (C(OH)–C–C–N with tert-alkyl or cyclic N) is 1. The molecule has 1 amide bonds. The summed E-state index contributed by atoms with van der Waals surface area (Å²) in [6.07, 6.45) is -0.170. The molecule has 0 aromatic rings. The van der Waals surface area contributed by atoms with Gasteiger partial charge in [-0.25, -0.2) is 4.79 Å². The molecule has 0 saturated carbocycles. The molecule has 5 heteroatoms. The van der Waals surface area contributed by atoms with Crippen molar-refractivity contribution in [3.05, 3.63) is 0 Å². The minimum atomic E-state index is -0.577. The number of aliphatic imine (C=N–C) groups is 1. The van der Waals surface area contributed by atoms with Crippen LogP contribution in [0.15, 0.2) is 4.99 Å². The molecule has 92 valence electrons. The summed E-state index contributed by atoms with van der Waals surface area (Å²) in [4.78, 5) is 17.1. The Labute approximate surface area is 96.1 Å². The number of carbonyl (C=O) groups excluding carboxylic acids is 1. The van der Waals surface area contributed by atoms with Gasteiger partial charge in [-0.1, -0.05) is 0 Å². The predicted octanol–water partition coefficient (Wildman–Crippen LogP) is 1.41. The van der Waals surface area contributed by atoms with Crippen LogP contribution < -0.4 is 0 Å². The molecule has 0 aliphatic carbocycles. The average molecular weight is 228 g/mol. The van der Waals surface area contributed by atoms with Crippen LogP contribution in [-0.2, 0) is 4.74 Å². The first-order valence-electron chi connectivity index (χ1n) is 5.49. The number of aliphatic hydroxyl groups is 1. The van der Waals surface area contributed by atoms with Crippen LogP contribution >= 0.6 is 0 Å². The van der Waals surface area contributed by atoms with E-state index in [1.165, 1.54) is 0 Å². The smallest absolute Gasteiger partial charge is 0.435 e. The lowest BCUT2D eigenvalue weighted by molar-refractivity contribution is 0.0601. The molecule has 0 bridgehead atoms. The molecule has 0 radical (unpaired) electrons. The van der Waals surface area contributed by atoms with E-state index in [1.54, 1.807) is 27.7 Å². The Balaban J connectivity index is 2.53. The van der Waals surface area contributed by atoms with Crippen LogP contribution in [0.3, 0.4) is 0 Å². The molecule has 16 heavy (non-hydrogen) atoms. The third kappa shape index (κ3) is 4.18. The fraction of sp³-hybridized carbons (Fsp3) is 0.818. The zero-order chi connectivity index (χ0) is 12.3. The Morgan fingerprint density at radius 3 is 2.56 bits per heavy atom. The van der Waals surface area contributed by atoms with Gasteiger partial charge >= 0.3 is 6.09 Å². The zero-order valence-electron chi connectivity index (χ0n) is 10.4. The van der Waals surface area contributed by atoms with E-state index in [2.05, 4.69) is 4.99 Å². The lowest BCUT2D eigenvalue weighted by atomic mass is 10.2. The van der Waals surface area contributed by atoms with Gasteiger partial charge in [-0.05, 0) is 34.1 Å². The second kappa shape index (κ2) is 4.82. The lowest BCUT2D eigenvalue weighted by Crippen LogP contribution is -2.29. The molecular weight excluding hydrogens is 208 g/mol. The Bertz CT molecular complexity index is 294. The van der Waals surface area contributed by atoms with Crippen LogP contribution in [0.4, 0.5) is 4.79 Å². The maximum atomic E-state index is 11.4. The van der Waals surface area contributed by atoms with E-state index in [4.69, 9.17) is 4.74 Å². The molecule has 1 aliphatic heterocycles. The molecule has 1 atom stereocenters. The molecule has 1 saturated heterocycles. The summed E-state index contributed by atoms with van der Waals surface area (Å²) in [5.74, 6) is 0.603. The van der Waals surface area contributed by atoms with Gasteiger partial charge in [0.15, 0.2) is 0 Å². The van der Waals surface area contributed by atoms with Crippen LogP contribution in [0, 0.1) is 0 Å². The van der Waals surface area contributed by atoms with Crippen molar-refractivity contribution in [2.45, 2.75) is 45.8 Å². The van der Waals surface area contributed by atoms with E-state index >= 15 is 0 Å². The maximum absolute atomic E-state index is 11.4. The second-order valence-electron chi connectivity index (χ2n) is 5.03. The number of ether oxygens (including phenoxy) is 1. The fourth-order valence-electron chi connectivity index (χ4n) is 1.52. The standard InChI is InChI=1S/C11H20N2O3/c1-8(13-6-5-9(14)7-13)12-10(15)16-11(2,3)4/h9,14H,5-7H2,1-4H3/t9-/m0/s1. The first-order chi connectivity index (χ1) is 7.28. The highest BCUT2D eigenvalue weighted by atomic mass is 16.6. The minimum Gasteiger partial charge on any atom is -0.442 e. The van der Waals surface area contributed by atoms with Gasteiger partial charge < -0.3 is 14.7 Å². The highest BCUT2D eigenvalue weighted by Gasteiger charge is 2.22. The summed E-state index contributed by atoms with van der Waals surface area (Å²) in [7, 11) is 0. The SMILES string of the molecule is CC(=NC(=O)OC(C)(C)C)N1CC[C@H](O)C1. The van der Waals surface area contributed by atoms with Crippen molar-refractivity contribution >= 4 is 11.9 Å². The second-order valence-corrected chi connectivity index (χ2v) is 5.03. The summed E-state index contributed by atoms with van der Waals surface area (Å²) in [5.41, 5.74) is -0.522. The number of amidine groups is 1. The van der Waals surface area contributed by atoms with Gasteiger partial charge in [-0.15, -0.1) is 0 Å². The van der Waals surface area contributed by atoms with Crippen LogP contribution in [0.25, 0.3) is 0 Å². The van der Waals surface area contributed by atoms with Crippen LogP contribution in [-0.4, -0.2) is 46.7 Å². The summed E-state index contributed by atoms with van der Waals surface area (Å²) in [5, 5.41) is 9.36. The number of hydrogen-bond donors (Lipinski definition) is 1. The van der Waals surface area contributed by atoms with Crippen LogP contribution in [0.5, 0.6) is 0 Å². The van der Waals surface area contributed by atoms with Gasteiger partial charge in [-0.3, -0.25) is 0 Å². The number of hydrogen-bond acceptors (Lipinski definition) is 3. The van der Waals surface area contributed by atoms with E-state index in [0.29, 0.717) is 12.4 Å². The van der Waals surface area contributed by atoms with Gasteiger partial charge in [0.25, 0.3) is 0 Å². The lowest BCUT2D eigenvalue weighted by Gasteiger charge is -2.19. The molecular formula is C11H20N2O3. The molecule has 1 fully saturated rings. The number of rotatable bonds is 0. The molecule has 5 nitrogen and oxygen atoms in total. The number of aliphatic hydroxyl groups excluding tert-OH is 1. The quantitative estimate of drug-likeness (QED) is 0.503. The highest BCUT2D eigenvalue weighted by Crippen LogP contribution is 2.11. The van der Waals surface area contributed by atoms with E-state index in [9.17, 15) is 9.90 Å². The predicted molar refractivity (Wildman–Crippen MR) is 61.5 cm³/mol. The first-order valence-corrected chi connectivity index (χ1v) is 5.49. The van der Waals surface area contributed by atoms with Gasteiger partial charge in [-0.2, -0.15) is 4.99 Å². The molecule has 1 N–H and O–H groups in total. The van der Waals surface area contributed by atoms with Gasteiger partial charge in [0.05, 0.1) is 6.10 Å². The summed E-state index contributed by atoms with van der Waals surface area (Å²) >= 11 is 0. The Morgan fingerprint density at radius 1 is 1.50 bits per heavy atom. The molecule has 0 spiro atoms. The molecule has 1 rings (SSSR count). The fourth-order valence-corrected chi connectivity index (χ4v) is 1.52. The molecule has 0 unspecified atom stereocenters. The van der Waals surface area contributed by atoms with Crippen molar-refractivity contribution in [3.63, 3.8) is 0 Å². The van der Waals surface area contributed by atoms with Crippen molar-refractivity contribution in [1.82, 2.24) is 4.90 Å². The number of likely N-dealkylation sites (tertiary alicyclic amines) is 1. The topological polar surface area (TPSA) is 62.1 Å². The summed E-state index contributed by atoms with van der Waals surface area (Å²) in [6, 6.07) is 0. The van der Waals surface area contributed by atoms with Crippen molar-refractivity contribution in [1.29, 1.82) is 0 Å². The number of carbonyl (C=O) groups is 1. The highest BCUT2D eigenvalue weighted by molar-refractivity contribution is 5.90. The summed E-state index contributed by atoms with van der Waals surface area (Å²) < 4.78 is 5.08. The Kier molecular flexibility index (Phi) is 3.91. The van der Waals surface area contributed by atoms with Crippen molar-refractivity contribution in [2.75, 3.05) is 13.1 Å². The van der Waals surface area contributed by atoms with Gasteiger partial charge in [0, 0.05) is 13.1 Å². The largest absolute Gasteiger partial charge is 0.442 e. The normalized spacial score (nSPS) is 22.4. The van der Waals surface area contributed by atoms with E-state index < -0.39 is 11.7 Å². The molecule has 1 aliphatic rings. The average Bonchev–Trinajstić information content (AvgIpc) is 2.47. The van der Waals surface area contributed by atoms with E-state index in [-0.39, 0.29) is 6.10 Å². The van der Waals surface area contributed by atoms with Gasteiger partial charge in [0.2, 0.25) is 0 Å². The third-order valence-corrected chi connectivity index (χ3v) is 2.27. The Morgan fingerprint density at radius 2 is 2.12 bits per heavy atom. The number of amides is 1. The molecule has 0 aromatic carbocycles. The van der Waals surface area contributed by atoms with Crippen LogP contribution in [0.2, 0.25) is 0 Å². The number of nitrogens with zero attached hydrogens (tertiary/aromatic N) is 2. The molecule has 0 aromatic heterocycles. The zero-order valence-corrected chi connectivity index (χ0v) is 10.4. The van der Waals surface area contributed by atoms with Crippen molar-refractivity contribution in [2.24, 2.45) is 4.99 Å². The molecule has 1 heterocycles. The maximum Gasteiger partial charge on any atom is 0.435 e. The monoisotopic (exact) mass is 228 g/mol. The van der Waals surface area contributed by atoms with Crippen molar-refractivity contribution < 1.29 is 14.6 Å². The van der Waals surface area contributed by atoms with E-state index in [0.717, 1.165) is 13.0 Å². The summed E-state index contributed by atoms with van der Waals surface area (Å²) in [6.45, 7) is 8.43.